The molecule has 0 N–H and O–H groups in total. The largest absolute Gasteiger partial charge is 0.354 e. The zero-order valence-corrected chi connectivity index (χ0v) is 10.6. The Morgan fingerprint density at radius 2 is 2.06 bits per heavy atom. The molecule has 0 aromatic carbocycles. The first-order valence-corrected chi connectivity index (χ1v) is 6.26. The van der Waals surface area contributed by atoms with E-state index in [9.17, 15) is 0 Å². The van der Waals surface area contributed by atoms with E-state index < -0.39 is 0 Å². The molecule has 17 heavy (non-hydrogen) atoms. The van der Waals surface area contributed by atoms with Crippen molar-refractivity contribution in [3.05, 3.63) is 23.5 Å². The second-order valence-corrected chi connectivity index (χ2v) is 5.00. The second kappa shape index (κ2) is 3.72. The molecule has 2 aromatic heterocycles. The van der Waals surface area contributed by atoms with Crippen LogP contribution < -0.4 is 4.90 Å². The lowest BCUT2D eigenvalue weighted by Gasteiger charge is -2.24. The number of rotatable bonds is 1. The van der Waals surface area contributed by atoms with Gasteiger partial charge < -0.3 is 4.90 Å². The molecule has 0 bridgehead atoms. The molecule has 1 fully saturated rings. The minimum Gasteiger partial charge on any atom is -0.354 e. The van der Waals surface area contributed by atoms with Gasteiger partial charge >= 0.3 is 0 Å². The molecule has 1 aliphatic rings. The number of aryl methyl sites for hydroxylation is 2. The minimum absolute atomic E-state index is 0.601. The summed E-state index contributed by atoms with van der Waals surface area (Å²) in [5.41, 5.74) is 3.04. The molecule has 4 nitrogen and oxygen atoms in total. The Kier molecular flexibility index (Phi) is 2.31. The fraction of sp³-hybridized carbons (Fsp3) is 0.538. The predicted octanol–water partition coefficient (Wildman–Crippen LogP) is 2.33. The third kappa shape index (κ3) is 1.68. The Balaban J connectivity index is 2.20. The van der Waals surface area contributed by atoms with Crippen LogP contribution in [-0.2, 0) is 0 Å². The van der Waals surface area contributed by atoms with Crippen LogP contribution in [0.5, 0.6) is 0 Å². The maximum absolute atomic E-state index is 4.55. The van der Waals surface area contributed by atoms with Gasteiger partial charge in [0, 0.05) is 30.4 Å². The van der Waals surface area contributed by atoms with Crippen molar-refractivity contribution in [3.8, 4) is 0 Å². The van der Waals surface area contributed by atoms with Gasteiger partial charge in [-0.2, -0.15) is 9.61 Å². The van der Waals surface area contributed by atoms with E-state index in [0.717, 1.165) is 23.6 Å². The molecule has 1 saturated heterocycles. The van der Waals surface area contributed by atoms with Gasteiger partial charge in [0.25, 0.3) is 0 Å². The zero-order chi connectivity index (χ0) is 12.0. The summed E-state index contributed by atoms with van der Waals surface area (Å²) in [5, 5.41) is 4.55. The maximum atomic E-state index is 4.55. The summed E-state index contributed by atoms with van der Waals surface area (Å²) in [4.78, 5) is 6.97. The summed E-state index contributed by atoms with van der Waals surface area (Å²) in [6.45, 7) is 7.47. The summed E-state index contributed by atoms with van der Waals surface area (Å²) < 4.78 is 1.98. The molecular weight excluding hydrogens is 212 g/mol. The quantitative estimate of drug-likeness (QED) is 0.754. The highest BCUT2D eigenvalue weighted by Gasteiger charge is 2.23. The highest BCUT2D eigenvalue weighted by Crippen LogP contribution is 2.26. The molecule has 4 heteroatoms. The fourth-order valence-corrected chi connectivity index (χ4v) is 2.67. The van der Waals surface area contributed by atoms with E-state index in [0.29, 0.717) is 6.04 Å². The number of fused-ring (bicyclic) bond motifs is 1. The van der Waals surface area contributed by atoms with Gasteiger partial charge in [-0.15, -0.1) is 0 Å². The van der Waals surface area contributed by atoms with E-state index in [1.54, 1.807) is 0 Å². The third-order valence-electron chi connectivity index (χ3n) is 3.51. The van der Waals surface area contributed by atoms with Gasteiger partial charge in [0.2, 0.25) is 0 Å². The van der Waals surface area contributed by atoms with E-state index in [4.69, 9.17) is 0 Å². The van der Waals surface area contributed by atoms with Gasteiger partial charge in [-0.25, -0.2) is 4.98 Å². The first kappa shape index (κ1) is 10.6. The second-order valence-electron chi connectivity index (χ2n) is 5.00. The SMILES string of the molecule is Cc1cc(N2CCC[C@H]2C)n2nc(C)cc2n1. The average Bonchev–Trinajstić information content (AvgIpc) is 2.82. The smallest absolute Gasteiger partial charge is 0.157 e. The first-order valence-electron chi connectivity index (χ1n) is 6.26. The van der Waals surface area contributed by atoms with Crippen molar-refractivity contribution in [2.75, 3.05) is 11.4 Å². The highest BCUT2D eigenvalue weighted by atomic mass is 15.4. The lowest BCUT2D eigenvalue weighted by molar-refractivity contribution is 0.710. The average molecular weight is 230 g/mol. The van der Waals surface area contributed by atoms with E-state index >= 15 is 0 Å². The van der Waals surface area contributed by atoms with Crippen molar-refractivity contribution in [2.24, 2.45) is 0 Å². The molecule has 90 valence electrons. The van der Waals surface area contributed by atoms with Gasteiger partial charge in [-0.05, 0) is 33.6 Å². The van der Waals surface area contributed by atoms with Crippen LogP contribution in [0, 0.1) is 13.8 Å². The number of anilines is 1. The van der Waals surface area contributed by atoms with E-state index in [-0.39, 0.29) is 0 Å². The standard InChI is InChI=1S/C13H18N4/c1-9-8-13(16-6-4-5-11(16)3)17-12(14-9)7-10(2)15-17/h7-8,11H,4-6H2,1-3H3/t11-/m1/s1. The molecule has 0 spiro atoms. The number of nitrogens with zero attached hydrogens (tertiary/aromatic N) is 4. The van der Waals surface area contributed by atoms with Crippen LogP contribution in [0.25, 0.3) is 5.65 Å². The van der Waals surface area contributed by atoms with Crippen LogP contribution in [0.1, 0.15) is 31.2 Å². The maximum Gasteiger partial charge on any atom is 0.157 e. The summed E-state index contributed by atoms with van der Waals surface area (Å²) in [5.74, 6) is 1.19. The number of hydrogen-bond donors (Lipinski definition) is 0. The van der Waals surface area contributed by atoms with Crippen molar-refractivity contribution < 1.29 is 0 Å². The molecule has 2 aromatic rings. The number of hydrogen-bond acceptors (Lipinski definition) is 3. The van der Waals surface area contributed by atoms with Gasteiger partial charge in [0.05, 0.1) is 5.69 Å². The molecule has 3 heterocycles. The van der Waals surface area contributed by atoms with Crippen molar-refractivity contribution in [3.63, 3.8) is 0 Å². The molecule has 0 amide bonds. The predicted molar refractivity (Wildman–Crippen MR) is 68.5 cm³/mol. The fourth-order valence-electron chi connectivity index (χ4n) is 2.67. The third-order valence-corrected chi connectivity index (χ3v) is 3.51. The van der Waals surface area contributed by atoms with E-state index in [2.05, 4.69) is 28.0 Å². The van der Waals surface area contributed by atoms with Crippen molar-refractivity contribution in [2.45, 2.75) is 39.7 Å². The molecule has 0 radical (unpaired) electrons. The summed E-state index contributed by atoms with van der Waals surface area (Å²) >= 11 is 0. The van der Waals surface area contributed by atoms with Crippen LogP contribution in [0.3, 0.4) is 0 Å². The normalized spacial score (nSPS) is 20.4. The lowest BCUT2D eigenvalue weighted by Crippen LogP contribution is -2.28. The van der Waals surface area contributed by atoms with Crippen molar-refractivity contribution >= 4 is 11.5 Å². The lowest BCUT2D eigenvalue weighted by atomic mass is 10.2. The van der Waals surface area contributed by atoms with Crippen molar-refractivity contribution in [1.82, 2.24) is 14.6 Å². The Morgan fingerprint density at radius 1 is 1.24 bits per heavy atom. The van der Waals surface area contributed by atoms with Crippen LogP contribution >= 0.6 is 0 Å². The van der Waals surface area contributed by atoms with Gasteiger partial charge in [0.1, 0.15) is 5.82 Å². The Bertz CT molecular complexity index is 558. The number of aromatic nitrogens is 3. The topological polar surface area (TPSA) is 33.4 Å². The first-order chi connectivity index (χ1) is 8.15. The molecule has 0 saturated carbocycles. The molecule has 3 rings (SSSR count). The van der Waals surface area contributed by atoms with Crippen LogP contribution in [0.4, 0.5) is 5.82 Å². The van der Waals surface area contributed by atoms with Crippen LogP contribution in [0.2, 0.25) is 0 Å². The molecule has 1 aliphatic heterocycles. The van der Waals surface area contributed by atoms with E-state index in [1.165, 1.54) is 18.7 Å². The summed E-state index contributed by atoms with van der Waals surface area (Å²) in [6, 6.07) is 4.78. The van der Waals surface area contributed by atoms with Crippen molar-refractivity contribution in [1.29, 1.82) is 0 Å². The zero-order valence-electron chi connectivity index (χ0n) is 10.6. The van der Waals surface area contributed by atoms with Gasteiger partial charge in [-0.3, -0.25) is 0 Å². The highest BCUT2D eigenvalue weighted by molar-refractivity contribution is 5.52. The van der Waals surface area contributed by atoms with Crippen LogP contribution in [-0.4, -0.2) is 27.2 Å². The molecule has 1 atom stereocenters. The van der Waals surface area contributed by atoms with E-state index in [1.807, 2.05) is 24.4 Å². The Morgan fingerprint density at radius 3 is 2.76 bits per heavy atom. The summed E-state index contributed by atoms with van der Waals surface area (Å²) in [7, 11) is 0. The van der Waals surface area contributed by atoms with Gasteiger partial charge in [0.15, 0.2) is 5.65 Å². The van der Waals surface area contributed by atoms with Crippen LogP contribution in [0.15, 0.2) is 12.1 Å². The van der Waals surface area contributed by atoms with Gasteiger partial charge in [-0.1, -0.05) is 0 Å². The minimum atomic E-state index is 0.601. The molecular formula is C13H18N4. The molecule has 0 aliphatic carbocycles. The summed E-state index contributed by atoms with van der Waals surface area (Å²) in [6.07, 6.45) is 2.54. The molecule has 0 unspecified atom stereocenters. The Hall–Kier alpha value is -1.58. The monoisotopic (exact) mass is 230 g/mol. The Labute approximate surface area is 101 Å².